The first-order chi connectivity index (χ1) is 14.2. The average molecular weight is 472 g/mol. The van der Waals surface area contributed by atoms with Crippen LogP contribution in [0.1, 0.15) is 35.3 Å². The number of halogens is 1. The minimum absolute atomic E-state index is 0.00973. The highest BCUT2D eigenvalue weighted by Gasteiger charge is 2.31. The molecule has 1 aliphatic heterocycles. The molecule has 8 nitrogen and oxygen atoms in total. The van der Waals surface area contributed by atoms with Crippen LogP contribution in [0.5, 0.6) is 0 Å². The molecule has 2 heterocycles. The van der Waals surface area contributed by atoms with E-state index in [0.29, 0.717) is 23.1 Å². The maximum atomic E-state index is 12.7. The summed E-state index contributed by atoms with van der Waals surface area (Å²) in [6, 6.07) is 9.02. The molecule has 30 heavy (non-hydrogen) atoms. The summed E-state index contributed by atoms with van der Waals surface area (Å²) in [6.07, 6.45) is 0.669. The number of amides is 1. The summed E-state index contributed by atoms with van der Waals surface area (Å²) < 4.78 is 2.25. The van der Waals surface area contributed by atoms with Gasteiger partial charge in [0.15, 0.2) is 0 Å². The van der Waals surface area contributed by atoms with Gasteiger partial charge >= 0.3 is 17.1 Å². The molecule has 1 aromatic heterocycles. The van der Waals surface area contributed by atoms with Crippen molar-refractivity contribution in [1.82, 2.24) is 9.55 Å². The third-order valence-electron chi connectivity index (χ3n) is 5.40. The van der Waals surface area contributed by atoms with Crippen molar-refractivity contribution in [2.45, 2.75) is 25.8 Å². The van der Waals surface area contributed by atoms with Gasteiger partial charge in [0.1, 0.15) is 0 Å². The van der Waals surface area contributed by atoms with Crippen LogP contribution < -0.4 is 16.4 Å². The third-order valence-corrected chi connectivity index (χ3v) is 5.85. The van der Waals surface area contributed by atoms with Crippen LogP contribution in [0.4, 0.5) is 5.69 Å². The van der Waals surface area contributed by atoms with E-state index >= 15 is 0 Å². The fourth-order valence-corrected chi connectivity index (χ4v) is 4.53. The van der Waals surface area contributed by atoms with Gasteiger partial charge in [0.2, 0.25) is 5.91 Å². The number of rotatable bonds is 4. The highest BCUT2D eigenvalue weighted by atomic mass is 79.9. The number of H-pyrrole nitrogens is 1. The zero-order chi connectivity index (χ0) is 21.6. The lowest BCUT2D eigenvalue weighted by molar-refractivity contribution is -0.117. The molecule has 3 aromatic rings. The first-order valence-corrected chi connectivity index (χ1v) is 10.1. The number of nitrogens with zero attached hydrogens (tertiary/aromatic N) is 1. The maximum absolute atomic E-state index is 12.7. The van der Waals surface area contributed by atoms with Crippen molar-refractivity contribution in [3.05, 3.63) is 72.7 Å². The Morgan fingerprint density at radius 3 is 2.60 bits per heavy atom. The van der Waals surface area contributed by atoms with E-state index in [2.05, 4.69) is 26.2 Å². The van der Waals surface area contributed by atoms with Gasteiger partial charge in [-0.25, -0.2) is 4.79 Å². The van der Waals surface area contributed by atoms with Crippen molar-refractivity contribution in [2.24, 2.45) is 5.92 Å². The summed E-state index contributed by atoms with van der Waals surface area (Å²) in [6.45, 7) is 1.95. The molecule has 1 amide bonds. The van der Waals surface area contributed by atoms with Crippen LogP contribution in [0.25, 0.3) is 11.0 Å². The molecule has 0 fully saturated rings. The smallest absolute Gasteiger partial charge is 0.335 e. The van der Waals surface area contributed by atoms with Gasteiger partial charge in [0, 0.05) is 22.6 Å². The Morgan fingerprint density at radius 2 is 1.93 bits per heavy atom. The predicted octanol–water partition coefficient (Wildman–Crippen LogP) is 2.91. The summed E-state index contributed by atoms with van der Waals surface area (Å²) in [4.78, 5) is 51.2. The zero-order valence-electron chi connectivity index (χ0n) is 15.9. The fraction of sp³-hybridized carbons (Fsp3) is 0.238. The van der Waals surface area contributed by atoms with E-state index in [0.717, 1.165) is 10.0 Å². The highest BCUT2D eigenvalue weighted by Crippen LogP contribution is 2.35. The molecule has 1 aliphatic rings. The Balaban J connectivity index is 1.68. The van der Waals surface area contributed by atoms with Crippen LogP contribution in [0.2, 0.25) is 0 Å². The average Bonchev–Trinajstić information content (AvgIpc) is 2.67. The Morgan fingerprint density at radius 1 is 1.23 bits per heavy atom. The van der Waals surface area contributed by atoms with Crippen LogP contribution >= 0.6 is 15.9 Å². The number of aromatic carboxylic acids is 1. The number of carboxylic acid groups (broad SMARTS) is 1. The van der Waals surface area contributed by atoms with Gasteiger partial charge < -0.3 is 15.4 Å². The topological polar surface area (TPSA) is 121 Å². The molecule has 0 radical (unpaired) electrons. The van der Waals surface area contributed by atoms with Gasteiger partial charge in [-0.1, -0.05) is 22.9 Å². The first-order valence-electron chi connectivity index (χ1n) is 9.34. The molecule has 2 aromatic carbocycles. The number of anilines is 1. The summed E-state index contributed by atoms with van der Waals surface area (Å²) in [7, 11) is 0. The standard InChI is InChI=1S/C21H18BrN3O5/c1-10-6-12-7-13(22)8-15-18(12)25(20(28)19(27)24-15)16(10)9-17(26)23-14-4-2-11(3-5-14)21(29)30/h2-5,7-8,10,16H,6,9H2,1H3,(H,23,26)(H,24,27)(H,29,30)/t10-,16+/m0/s1. The highest BCUT2D eigenvalue weighted by molar-refractivity contribution is 9.10. The predicted molar refractivity (Wildman–Crippen MR) is 115 cm³/mol. The van der Waals surface area contributed by atoms with E-state index in [9.17, 15) is 19.2 Å². The molecule has 2 atom stereocenters. The molecule has 0 saturated heterocycles. The van der Waals surface area contributed by atoms with Crippen LogP contribution in [-0.2, 0) is 11.2 Å². The Kier molecular flexibility index (Phi) is 5.07. The molecule has 0 aliphatic carbocycles. The van der Waals surface area contributed by atoms with Gasteiger partial charge in [-0.3, -0.25) is 19.0 Å². The summed E-state index contributed by atoms with van der Waals surface area (Å²) in [5.41, 5.74) is 1.29. The van der Waals surface area contributed by atoms with Gasteiger partial charge in [-0.05, 0) is 54.3 Å². The van der Waals surface area contributed by atoms with Crippen molar-refractivity contribution in [1.29, 1.82) is 0 Å². The minimum atomic E-state index is -1.05. The summed E-state index contributed by atoms with van der Waals surface area (Å²) in [5, 5.41) is 11.7. The van der Waals surface area contributed by atoms with E-state index in [4.69, 9.17) is 5.11 Å². The Bertz CT molecular complexity index is 1290. The van der Waals surface area contributed by atoms with E-state index in [-0.39, 0.29) is 23.8 Å². The minimum Gasteiger partial charge on any atom is -0.478 e. The van der Waals surface area contributed by atoms with Gasteiger partial charge in [-0.15, -0.1) is 0 Å². The van der Waals surface area contributed by atoms with Crippen molar-refractivity contribution in [2.75, 3.05) is 5.32 Å². The number of carboxylic acids is 1. The molecule has 0 saturated carbocycles. The first kappa shape index (κ1) is 20.1. The van der Waals surface area contributed by atoms with E-state index in [1.54, 1.807) is 6.07 Å². The van der Waals surface area contributed by atoms with Crippen LogP contribution in [0.15, 0.2) is 50.5 Å². The molecule has 9 heteroatoms. The van der Waals surface area contributed by atoms with Gasteiger partial charge in [-0.2, -0.15) is 0 Å². The monoisotopic (exact) mass is 471 g/mol. The molecule has 154 valence electrons. The summed E-state index contributed by atoms with van der Waals surface area (Å²) in [5.74, 6) is -1.42. The van der Waals surface area contributed by atoms with E-state index < -0.39 is 23.1 Å². The SMILES string of the molecule is C[C@H]1Cc2cc(Br)cc3[nH]c(=O)c(=O)n(c23)[C@@H]1CC(=O)Nc1ccc(C(=O)O)cc1. The fourth-order valence-electron chi connectivity index (χ4n) is 4.02. The molecule has 0 bridgehead atoms. The molecule has 3 N–H and O–H groups in total. The van der Waals surface area contributed by atoms with E-state index in [1.807, 2.05) is 13.0 Å². The molecular formula is C21H18BrN3O5. The maximum Gasteiger partial charge on any atom is 0.335 e. The van der Waals surface area contributed by atoms with Crippen LogP contribution in [0.3, 0.4) is 0 Å². The third kappa shape index (κ3) is 3.56. The number of aromatic amines is 1. The van der Waals surface area contributed by atoms with Gasteiger partial charge in [0.05, 0.1) is 16.6 Å². The molecule has 4 rings (SSSR count). The van der Waals surface area contributed by atoms with Crippen molar-refractivity contribution in [3.63, 3.8) is 0 Å². The molecule has 0 spiro atoms. The number of hydrogen-bond acceptors (Lipinski definition) is 4. The number of hydrogen-bond donors (Lipinski definition) is 3. The number of nitrogens with one attached hydrogen (secondary N) is 2. The quantitative estimate of drug-likeness (QED) is 0.505. The Labute approximate surface area is 178 Å². The molecule has 0 unspecified atom stereocenters. The number of carbonyl (C=O) groups excluding carboxylic acids is 1. The lowest BCUT2D eigenvalue weighted by atomic mass is 9.87. The van der Waals surface area contributed by atoms with Gasteiger partial charge in [0.25, 0.3) is 0 Å². The molecular weight excluding hydrogens is 454 g/mol. The largest absolute Gasteiger partial charge is 0.478 e. The lowest BCUT2D eigenvalue weighted by Crippen LogP contribution is -2.43. The summed E-state index contributed by atoms with van der Waals surface area (Å²) >= 11 is 3.43. The van der Waals surface area contributed by atoms with Crippen LogP contribution in [0, 0.1) is 5.92 Å². The zero-order valence-corrected chi connectivity index (χ0v) is 17.5. The number of benzene rings is 2. The Hall–Kier alpha value is -3.20. The van der Waals surface area contributed by atoms with Crippen molar-refractivity contribution < 1.29 is 14.7 Å². The van der Waals surface area contributed by atoms with Crippen molar-refractivity contribution >= 4 is 44.5 Å². The van der Waals surface area contributed by atoms with Crippen molar-refractivity contribution in [3.8, 4) is 0 Å². The van der Waals surface area contributed by atoms with Crippen LogP contribution in [-0.4, -0.2) is 26.5 Å². The number of aromatic nitrogens is 2. The lowest BCUT2D eigenvalue weighted by Gasteiger charge is -2.32. The normalized spacial score (nSPS) is 17.7. The number of carbonyl (C=O) groups is 2. The second kappa shape index (κ2) is 7.56. The van der Waals surface area contributed by atoms with E-state index in [1.165, 1.54) is 28.8 Å². The second-order valence-electron chi connectivity index (χ2n) is 7.47. The second-order valence-corrected chi connectivity index (χ2v) is 8.39.